The second-order valence-electron chi connectivity index (χ2n) is 5.57. The van der Waals surface area contributed by atoms with E-state index in [-0.39, 0.29) is 24.8 Å². The first-order valence-electron chi connectivity index (χ1n) is 7.50. The van der Waals surface area contributed by atoms with Crippen molar-refractivity contribution in [3.05, 3.63) is 23.2 Å². The van der Waals surface area contributed by atoms with Gasteiger partial charge in [0.05, 0.1) is 18.3 Å². The summed E-state index contributed by atoms with van der Waals surface area (Å²) in [6, 6.07) is 4.95. The lowest BCUT2D eigenvalue weighted by atomic mass is 9.96. The number of hydrogen-bond acceptors (Lipinski definition) is 4. The molecule has 0 aromatic heterocycles. The van der Waals surface area contributed by atoms with Crippen molar-refractivity contribution in [1.82, 2.24) is 5.32 Å². The summed E-state index contributed by atoms with van der Waals surface area (Å²) in [6.07, 6.45) is 1.53. The summed E-state index contributed by atoms with van der Waals surface area (Å²) < 4.78 is 5.16. The molecule has 0 aliphatic carbocycles. The molecule has 6 nitrogen and oxygen atoms in total. The SMILES string of the molecule is CCCC(C)(N)C(=O)NCCC(=O)Nc1cc(Cl)ccc1OC. The molecular formula is C16H24ClN3O3. The van der Waals surface area contributed by atoms with E-state index in [0.717, 1.165) is 6.42 Å². The minimum absolute atomic E-state index is 0.129. The van der Waals surface area contributed by atoms with Crippen LogP contribution in [0.5, 0.6) is 5.75 Å². The topological polar surface area (TPSA) is 93.5 Å². The van der Waals surface area contributed by atoms with Gasteiger partial charge in [-0.1, -0.05) is 24.9 Å². The van der Waals surface area contributed by atoms with Crippen LogP contribution in [0.15, 0.2) is 18.2 Å². The number of halogens is 1. The standard InChI is InChI=1S/C16H24ClN3O3/c1-4-8-16(2,18)15(22)19-9-7-14(21)20-12-10-11(17)5-6-13(12)23-3/h5-6,10H,4,7-9,18H2,1-3H3,(H,19,22)(H,20,21). The van der Waals surface area contributed by atoms with E-state index in [1.165, 1.54) is 7.11 Å². The largest absolute Gasteiger partial charge is 0.495 e. The fraction of sp³-hybridized carbons (Fsp3) is 0.500. The number of carbonyl (C=O) groups is 2. The number of nitrogens with two attached hydrogens (primary N) is 1. The lowest BCUT2D eigenvalue weighted by Crippen LogP contribution is -2.51. The van der Waals surface area contributed by atoms with Crippen molar-refractivity contribution in [3.63, 3.8) is 0 Å². The highest BCUT2D eigenvalue weighted by atomic mass is 35.5. The smallest absolute Gasteiger partial charge is 0.239 e. The van der Waals surface area contributed by atoms with Crippen LogP contribution in [0, 0.1) is 0 Å². The van der Waals surface area contributed by atoms with E-state index in [4.69, 9.17) is 22.1 Å². The normalized spacial score (nSPS) is 13.1. The first kappa shape index (κ1) is 19.3. The molecule has 23 heavy (non-hydrogen) atoms. The Hall–Kier alpha value is -1.79. The third kappa shape index (κ3) is 6.08. The monoisotopic (exact) mass is 341 g/mol. The number of benzene rings is 1. The van der Waals surface area contributed by atoms with Gasteiger partial charge in [0.15, 0.2) is 0 Å². The van der Waals surface area contributed by atoms with Crippen molar-refractivity contribution < 1.29 is 14.3 Å². The van der Waals surface area contributed by atoms with Crippen molar-refractivity contribution in [2.45, 2.75) is 38.6 Å². The van der Waals surface area contributed by atoms with Gasteiger partial charge in [0.2, 0.25) is 11.8 Å². The third-order valence-electron chi connectivity index (χ3n) is 3.36. The molecule has 7 heteroatoms. The number of carbonyl (C=O) groups excluding carboxylic acids is 2. The van der Waals surface area contributed by atoms with E-state index in [9.17, 15) is 9.59 Å². The van der Waals surface area contributed by atoms with Gasteiger partial charge in [0, 0.05) is 18.0 Å². The van der Waals surface area contributed by atoms with Crippen LogP contribution in [0.4, 0.5) is 5.69 Å². The van der Waals surface area contributed by atoms with E-state index in [0.29, 0.717) is 22.9 Å². The van der Waals surface area contributed by atoms with Gasteiger partial charge in [0.1, 0.15) is 5.75 Å². The number of anilines is 1. The molecule has 0 aliphatic heterocycles. The number of hydrogen-bond donors (Lipinski definition) is 3. The molecule has 0 bridgehead atoms. The van der Waals surface area contributed by atoms with Crippen LogP contribution in [0.3, 0.4) is 0 Å². The van der Waals surface area contributed by atoms with Crippen molar-refractivity contribution in [2.75, 3.05) is 19.0 Å². The van der Waals surface area contributed by atoms with Gasteiger partial charge in [-0.2, -0.15) is 0 Å². The van der Waals surface area contributed by atoms with Crippen molar-refractivity contribution in [2.24, 2.45) is 5.73 Å². The van der Waals surface area contributed by atoms with Gasteiger partial charge >= 0.3 is 0 Å². The Labute approximate surface area is 141 Å². The number of methoxy groups -OCH3 is 1. The molecule has 0 spiro atoms. The average molecular weight is 342 g/mol. The fourth-order valence-electron chi connectivity index (χ4n) is 2.11. The van der Waals surface area contributed by atoms with Crippen molar-refractivity contribution >= 4 is 29.1 Å². The zero-order valence-electron chi connectivity index (χ0n) is 13.7. The summed E-state index contributed by atoms with van der Waals surface area (Å²) >= 11 is 5.91. The molecule has 0 fully saturated rings. The summed E-state index contributed by atoms with van der Waals surface area (Å²) in [5.41, 5.74) is 5.50. The summed E-state index contributed by atoms with van der Waals surface area (Å²) in [6.45, 7) is 3.86. The minimum Gasteiger partial charge on any atom is -0.495 e. The Morgan fingerprint density at radius 2 is 2.09 bits per heavy atom. The predicted molar refractivity (Wildman–Crippen MR) is 91.8 cm³/mol. The second-order valence-corrected chi connectivity index (χ2v) is 6.00. The Kier molecular flexibility index (Phi) is 7.32. The van der Waals surface area contributed by atoms with Crippen LogP contribution in [0.25, 0.3) is 0 Å². The van der Waals surface area contributed by atoms with E-state index >= 15 is 0 Å². The van der Waals surface area contributed by atoms with E-state index < -0.39 is 5.54 Å². The lowest BCUT2D eigenvalue weighted by molar-refractivity contribution is -0.126. The molecule has 2 amide bonds. The van der Waals surface area contributed by atoms with Crippen LogP contribution in [-0.4, -0.2) is 31.0 Å². The summed E-state index contributed by atoms with van der Waals surface area (Å²) in [5.74, 6) is 0.0110. The van der Waals surface area contributed by atoms with Gasteiger partial charge < -0.3 is 21.1 Å². The molecule has 1 aromatic carbocycles. The molecule has 1 atom stereocenters. The van der Waals surface area contributed by atoms with E-state index in [1.54, 1.807) is 25.1 Å². The summed E-state index contributed by atoms with van der Waals surface area (Å²) in [4.78, 5) is 23.9. The van der Waals surface area contributed by atoms with Crippen molar-refractivity contribution in [3.8, 4) is 5.75 Å². The fourth-order valence-corrected chi connectivity index (χ4v) is 2.29. The molecule has 0 heterocycles. The highest BCUT2D eigenvalue weighted by Gasteiger charge is 2.26. The van der Waals surface area contributed by atoms with Gasteiger partial charge in [-0.3, -0.25) is 9.59 Å². The van der Waals surface area contributed by atoms with Crippen LogP contribution in [0.1, 0.15) is 33.1 Å². The van der Waals surface area contributed by atoms with Crippen LogP contribution in [-0.2, 0) is 9.59 Å². The maximum Gasteiger partial charge on any atom is 0.239 e. The molecule has 1 unspecified atom stereocenters. The molecule has 4 N–H and O–H groups in total. The maximum atomic E-state index is 12.0. The molecular weight excluding hydrogens is 318 g/mol. The van der Waals surface area contributed by atoms with Gasteiger partial charge in [0.25, 0.3) is 0 Å². The van der Waals surface area contributed by atoms with Gasteiger partial charge in [-0.15, -0.1) is 0 Å². The van der Waals surface area contributed by atoms with Crippen LogP contribution < -0.4 is 21.1 Å². The Balaban J connectivity index is 2.49. The summed E-state index contributed by atoms with van der Waals surface area (Å²) in [7, 11) is 1.51. The second kappa shape index (κ2) is 8.74. The van der Waals surface area contributed by atoms with Gasteiger partial charge in [-0.25, -0.2) is 0 Å². The Morgan fingerprint density at radius 3 is 2.70 bits per heavy atom. The third-order valence-corrected chi connectivity index (χ3v) is 3.60. The number of nitrogens with one attached hydrogen (secondary N) is 2. The zero-order chi connectivity index (χ0) is 17.5. The quantitative estimate of drug-likeness (QED) is 0.676. The summed E-state index contributed by atoms with van der Waals surface area (Å²) in [5, 5.41) is 5.88. The highest BCUT2D eigenvalue weighted by molar-refractivity contribution is 6.31. The molecule has 1 rings (SSSR count). The molecule has 0 saturated heterocycles. The predicted octanol–water partition coefficient (Wildman–Crippen LogP) is 2.31. The van der Waals surface area contributed by atoms with E-state index in [2.05, 4.69) is 10.6 Å². The number of amides is 2. The lowest BCUT2D eigenvalue weighted by Gasteiger charge is -2.22. The zero-order valence-corrected chi connectivity index (χ0v) is 14.5. The Bertz CT molecular complexity index is 562. The van der Waals surface area contributed by atoms with Crippen LogP contribution in [0.2, 0.25) is 5.02 Å². The molecule has 1 aromatic rings. The van der Waals surface area contributed by atoms with Crippen LogP contribution >= 0.6 is 11.6 Å². The Morgan fingerprint density at radius 1 is 1.39 bits per heavy atom. The number of rotatable bonds is 8. The van der Waals surface area contributed by atoms with Crippen molar-refractivity contribution in [1.29, 1.82) is 0 Å². The first-order chi connectivity index (χ1) is 10.8. The molecule has 0 aliphatic rings. The van der Waals surface area contributed by atoms with E-state index in [1.807, 2.05) is 6.92 Å². The van der Waals surface area contributed by atoms with Gasteiger partial charge in [-0.05, 0) is 31.5 Å². The minimum atomic E-state index is -0.915. The molecule has 128 valence electrons. The molecule has 0 saturated carbocycles. The average Bonchev–Trinajstić information content (AvgIpc) is 2.47. The first-order valence-corrected chi connectivity index (χ1v) is 7.88. The molecule has 0 radical (unpaired) electrons. The highest BCUT2D eigenvalue weighted by Crippen LogP contribution is 2.27. The maximum absolute atomic E-state index is 12.0. The number of ether oxygens (including phenoxy) is 1.